The molecule has 0 bridgehead atoms. The molecule has 2 aromatic heterocycles. The molecule has 3 aromatic rings. The fourth-order valence-corrected chi connectivity index (χ4v) is 3.12. The smallest absolute Gasteiger partial charge is 0.327 e. The first kappa shape index (κ1) is 15.2. The molecule has 126 valence electrons. The van der Waals surface area contributed by atoms with Crippen LogP contribution in [0.1, 0.15) is 22.6 Å². The van der Waals surface area contributed by atoms with E-state index in [0.29, 0.717) is 10.6 Å². The molecule has 1 aliphatic heterocycles. The first-order valence-corrected chi connectivity index (χ1v) is 7.57. The average molecular weight is 360 g/mol. The Balaban J connectivity index is 2.11. The summed E-state index contributed by atoms with van der Waals surface area (Å²) in [5.41, 5.74) is -1.77. The van der Waals surface area contributed by atoms with Crippen molar-refractivity contribution in [2.45, 2.75) is 5.92 Å². The first-order valence-electron chi connectivity index (χ1n) is 7.19. The molecule has 0 radical (unpaired) electrons. The summed E-state index contributed by atoms with van der Waals surface area (Å²) in [6, 6.07) is 6.58. The minimum atomic E-state index is -0.801. The van der Waals surface area contributed by atoms with E-state index in [1.165, 1.54) is 0 Å². The number of halogens is 1. The van der Waals surface area contributed by atoms with E-state index in [1.54, 1.807) is 24.3 Å². The summed E-state index contributed by atoms with van der Waals surface area (Å²) in [6.07, 6.45) is 0. The zero-order valence-corrected chi connectivity index (χ0v) is 13.2. The van der Waals surface area contributed by atoms with Crippen LogP contribution in [0.5, 0.6) is 0 Å². The third kappa shape index (κ3) is 2.41. The molecule has 1 aliphatic rings. The summed E-state index contributed by atoms with van der Waals surface area (Å²) in [6.45, 7) is 0. The Labute approximate surface area is 142 Å². The highest BCUT2D eigenvalue weighted by molar-refractivity contribution is 6.30. The van der Waals surface area contributed by atoms with Crippen molar-refractivity contribution in [1.82, 2.24) is 19.9 Å². The Morgan fingerprint density at radius 1 is 0.720 bits per heavy atom. The molecule has 1 aromatic carbocycles. The standard InChI is InChI=1S/C15H10ClN5O4/c16-6-3-1-5(2-4-6)7-8-10(18-14(24)20-12(8)22)17-11-9(7)13(23)21-15(25)19-11/h1-4,7H,(H5,17,18,19,20,21,22,23,24,25). The van der Waals surface area contributed by atoms with Crippen LogP contribution in [0.3, 0.4) is 0 Å². The number of anilines is 2. The lowest BCUT2D eigenvalue weighted by molar-refractivity contribution is 0.844. The van der Waals surface area contributed by atoms with Crippen molar-refractivity contribution in [2.75, 3.05) is 5.32 Å². The maximum absolute atomic E-state index is 12.4. The van der Waals surface area contributed by atoms with Gasteiger partial charge in [-0.3, -0.25) is 29.5 Å². The second kappa shape index (κ2) is 5.35. The van der Waals surface area contributed by atoms with Gasteiger partial charge in [-0.25, -0.2) is 9.59 Å². The number of aromatic nitrogens is 4. The topological polar surface area (TPSA) is 143 Å². The highest BCUT2D eigenvalue weighted by atomic mass is 35.5. The third-order valence-electron chi connectivity index (χ3n) is 3.99. The summed E-state index contributed by atoms with van der Waals surface area (Å²) in [7, 11) is 0. The maximum atomic E-state index is 12.4. The fourth-order valence-electron chi connectivity index (χ4n) is 3.00. The van der Waals surface area contributed by atoms with E-state index >= 15 is 0 Å². The van der Waals surface area contributed by atoms with Crippen molar-refractivity contribution in [3.05, 3.63) is 87.7 Å². The monoisotopic (exact) mass is 359 g/mol. The van der Waals surface area contributed by atoms with Crippen LogP contribution in [-0.4, -0.2) is 19.9 Å². The van der Waals surface area contributed by atoms with Gasteiger partial charge in [0, 0.05) is 5.02 Å². The van der Waals surface area contributed by atoms with Crippen molar-refractivity contribution in [1.29, 1.82) is 0 Å². The van der Waals surface area contributed by atoms with Gasteiger partial charge in [0.2, 0.25) is 0 Å². The largest absolute Gasteiger partial charge is 0.327 e. The lowest BCUT2D eigenvalue weighted by Crippen LogP contribution is -2.37. The van der Waals surface area contributed by atoms with E-state index in [-0.39, 0.29) is 22.8 Å². The molecule has 5 N–H and O–H groups in total. The Hall–Kier alpha value is -3.33. The summed E-state index contributed by atoms with van der Waals surface area (Å²) in [5.74, 6) is -0.574. The predicted octanol–water partition coefficient (Wildman–Crippen LogP) is 0.330. The number of benzene rings is 1. The Bertz CT molecular complexity index is 1150. The van der Waals surface area contributed by atoms with Gasteiger partial charge < -0.3 is 5.32 Å². The molecule has 4 rings (SSSR count). The van der Waals surface area contributed by atoms with Gasteiger partial charge in [0.25, 0.3) is 11.1 Å². The Morgan fingerprint density at radius 2 is 1.20 bits per heavy atom. The van der Waals surface area contributed by atoms with Crippen molar-refractivity contribution in [2.24, 2.45) is 0 Å². The highest BCUT2D eigenvalue weighted by Gasteiger charge is 2.33. The van der Waals surface area contributed by atoms with Gasteiger partial charge in [-0.15, -0.1) is 0 Å². The zero-order valence-electron chi connectivity index (χ0n) is 12.4. The van der Waals surface area contributed by atoms with Gasteiger partial charge in [-0.2, -0.15) is 0 Å². The van der Waals surface area contributed by atoms with E-state index in [1.807, 2.05) is 0 Å². The van der Waals surface area contributed by atoms with E-state index in [4.69, 9.17) is 11.6 Å². The lowest BCUT2D eigenvalue weighted by atomic mass is 9.84. The van der Waals surface area contributed by atoms with Crippen LogP contribution in [0.4, 0.5) is 11.6 Å². The minimum Gasteiger partial charge on any atom is -0.327 e. The van der Waals surface area contributed by atoms with Crippen LogP contribution < -0.4 is 27.8 Å². The third-order valence-corrected chi connectivity index (χ3v) is 4.24. The molecular weight excluding hydrogens is 350 g/mol. The molecular formula is C15H10ClN5O4. The molecule has 9 nitrogen and oxygen atoms in total. The van der Waals surface area contributed by atoms with Gasteiger partial charge >= 0.3 is 11.4 Å². The number of rotatable bonds is 1. The summed E-state index contributed by atoms with van der Waals surface area (Å²) >= 11 is 5.91. The van der Waals surface area contributed by atoms with Crippen LogP contribution in [-0.2, 0) is 0 Å². The molecule has 0 spiro atoms. The predicted molar refractivity (Wildman–Crippen MR) is 91.0 cm³/mol. The molecule has 0 amide bonds. The fraction of sp³-hybridized carbons (Fsp3) is 0.0667. The molecule has 25 heavy (non-hydrogen) atoms. The van der Waals surface area contributed by atoms with E-state index in [9.17, 15) is 19.2 Å². The quantitative estimate of drug-likeness (QED) is 0.333. The number of H-pyrrole nitrogens is 4. The van der Waals surface area contributed by atoms with Crippen LogP contribution in [0.2, 0.25) is 5.02 Å². The van der Waals surface area contributed by atoms with Crippen molar-refractivity contribution in [3.8, 4) is 0 Å². The summed E-state index contributed by atoms with van der Waals surface area (Å²) < 4.78 is 0. The maximum Gasteiger partial charge on any atom is 0.327 e. The van der Waals surface area contributed by atoms with Gasteiger partial charge in [0.15, 0.2) is 0 Å². The highest BCUT2D eigenvalue weighted by Crippen LogP contribution is 2.38. The van der Waals surface area contributed by atoms with Crippen molar-refractivity contribution in [3.63, 3.8) is 0 Å². The molecule has 0 aliphatic carbocycles. The van der Waals surface area contributed by atoms with Crippen molar-refractivity contribution >= 4 is 23.2 Å². The van der Waals surface area contributed by atoms with E-state index in [2.05, 4.69) is 25.3 Å². The van der Waals surface area contributed by atoms with Gasteiger partial charge in [0.1, 0.15) is 11.6 Å². The number of nitrogens with one attached hydrogen (secondary N) is 5. The molecule has 0 atom stereocenters. The molecule has 0 fully saturated rings. The second-order valence-corrected chi connectivity index (χ2v) is 5.94. The minimum absolute atomic E-state index is 0.113. The number of hydrogen-bond acceptors (Lipinski definition) is 5. The summed E-state index contributed by atoms with van der Waals surface area (Å²) in [5, 5.41) is 3.23. The Kier molecular flexibility index (Phi) is 3.25. The zero-order chi connectivity index (χ0) is 17.7. The van der Waals surface area contributed by atoms with E-state index < -0.39 is 28.4 Å². The number of aromatic amines is 4. The summed E-state index contributed by atoms with van der Waals surface area (Å²) in [4.78, 5) is 57.2. The van der Waals surface area contributed by atoms with Crippen LogP contribution in [0.15, 0.2) is 43.4 Å². The second-order valence-electron chi connectivity index (χ2n) is 5.50. The molecule has 0 saturated heterocycles. The Morgan fingerprint density at radius 3 is 1.68 bits per heavy atom. The lowest BCUT2D eigenvalue weighted by Gasteiger charge is -2.26. The SMILES string of the molecule is O=c1[nH]c2c(c(=O)[nH]1)C(c1ccc(Cl)cc1)c1c([nH]c(=O)[nH]c1=O)N2. The van der Waals surface area contributed by atoms with Gasteiger partial charge in [-0.05, 0) is 17.7 Å². The average Bonchev–Trinajstić information content (AvgIpc) is 2.53. The normalized spacial score (nSPS) is 13.0. The van der Waals surface area contributed by atoms with Gasteiger partial charge in [-0.1, -0.05) is 23.7 Å². The molecule has 3 heterocycles. The van der Waals surface area contributed by atoms with Crippen LogP contribution >= 0.6 is 11.6 Å². The number of fused-ring (bicyclic) bond motifs is 2. The van der Waals surface area contributed by atoms with Crippen LogP contribution in [0.25, 0.3) is 0 Å². The van der Waals surface area contributed by atoms with Crippen LogP contribution in [0, 0.1) is 0 Å². The molecule has 10 heteroatoms. The van der Waals surface area contributed by atoms with E-state index in [0.717, 1.165) is 0 Å². The molecule has 0 saturated carbocycles. The van der Waals surface area contributed by atoms with Crippen molar-refractivity contribution < 1.29 is 0 Å². The first-order chi connectivity index (χ1) is 11.9. The number of hydrogen-bond donors (Lipinski definition) is 5. The van der Waals surface area contributed by atoms with Gasteiger partial charge in [0.05, 0.1) is 17.0 Å². The molecule has 0 unspecified atom stereocenters.